The van der Waals surface area contributed by atoms with E-state index in [-0.39, 0.29) is 16.0 Å². The normalized spacial score (nSPS) is 17.9. The lowest BCUT2D eigenvalue weighted by Gasteiger charge is -2.31. The summed E-state index contributed by atoms with van der Waals surface area (Å²) in [5.41, 5.74) is 0.890. The Morgan fingerprint density at radius 3 is 2.58 bits per heavy atom. The fourth-order valence-corrected chi connectivity index (χ4v) is 4.30. The molecule has 0 radical (unpaired) electrons. The number of nitrogens with one attached hydrogen (secondary N) is 1. The second kappa shape index (κ2) is 5.79. The standard InChI is InChI=1S/C13H19ClN2O2S/c1-10-3-4-12(14)13(9-10)19(17,18)16(2)11-5-7-15-8-6-11/h3-4,9,11,15H,5-8H2,1-2H3. The second-order valence-corrected chi connectivity index (χ2v) is 7.31. The monoisotopic (exact) mass is 302 g/mol. The third-order valence-corrected chi connectivity index (χ3v) is 5.96. The van der Waals surface area contributed by atoms with Crippen molar-refractivity contribution in [1.29, 1.82) is 0 Å². The third kappa shape index (κ3) is 3.11. The van der Waals surface area contributed by atoms with Crippen molar-refractivity contribution in [1.82, 2.24) is 9.62 Å². The molecule has 6 heteroatoms. The Morgan fingerprint density at radius 2 is 1.95 bits per heavy atom. The van der Waals surface area contributed by atoms with Crippen LogP contribution in [0.15, 0.2) is 23.1 Å². The zero-order chi connectivity index (χ0) is 14.0. The lowest BCUT2D eigenvalue weighted by Crippen LogP contribution is -2.43. The van der Waals surface area contributed by atoms with Crippen LogP contribution in [0.1, 0.15) is 18.4 Å². The van der Waals surface area contributed by atoms with Gasteiger partial charge in [0.1, 0.15) is 4.90 Å². The maximum absolute atomic E-state index is 12.6. The highest BCUT2D eigenvalue weighted by Gasteiger charge is 2.30. The van der Waals surface area contributed by atoms with Crippen LogP contribution in [0.4, 0.5) is 0 Å². The zero-order valence-corrected chi connectivity index (χ0v) is 12.8. The lowest BCUT2D eigenvalue weighted by molar-refractivity contribution is 0.296. The molecular weight excluding hydrogens is 284 g/mol. The molecule has 1 aliphatic rings. The van der Waals surface area contributed by atoms with Gasteiger partial charge in [-0.3, -0.25) is 0 Å². The predicted octanol–water partition coefficient (Wildman–Crippen LogP) is 2.02. The number of rotatable bonds is 3. The first-order valence-corrected chi connectivity index (χ1v) is 8.19. The average molecular weight is 303 g/mol. The number of nitrogens with zero attached hydrogens (tertiary/aromatic N) is 1. The van der Waals surface area contributed by atoms with Gasteiger partial charge < -0.3 is 5.32 Å². The summed E-state index contributed by atoms with van der Waals surface area (Å²) in [6.07, 6.45) is 1.67. The van der Waals surface area contributed by atoms with E-state index in [1.807, 2.05) is 13.0 Å². The van der Waals surface area contributed by atoms with Crippen LogP contribution in [0, 0.1) is 6.92 Å². The van der Waals surface area contributed by atoms with Gasteiger partial charge in [0.25, 0.3) is 0 Å². The van der Waals surface area contributed by atoms with E-state index in [0.29, 0.717) is 0 Å². The van der Waals surface area contributed by atoms with Gasteiger partial charge in [-0.2, -0.15) is 4.31 Å². The van der Waals surface area contributed by atoms with Crippen LogP contribution in [0.25, 0.3) is 0 Å². The molecule has 1 heterocycles. The average Bonchev–Trinajstić information content (AvgIpc) is 2.41. The zero-order valence-electron chi connectivity index (χ0n) is 11.2. The molecule has 19 heavy (non-hydrogen) atoms. The molecule has 1 saturated heterocycles. The summed E-state index contributed by atoms with van der Waals surface area (Å²) in [5, 5.41) is 3.52. The summed E-state index contributed by atoms with van der Waals surface area (Å²) in [7, 11) is -1.88. The molecule has 1 aromatic rings. The molecule has 1 fully saturated rings. The van der Waals surface area contributed by atoms with Gasteiger partial charge in [0, 0.05) is 13.1 Å². The number of piperidine rings is 1. The Bertz CT molecular complexity index is 554. The van der Waals surface area contributed by atoms with Crippen LogP contribution in [-0.2, 0) is 10.0 Å². The van der Waals surface area contributed by atoms with Gasteiger partial charge in [-0.15, -0.1) is 0 Å². The van der Waals surface area contributed by atoms with Crippen LogP contribution < -0.4 is 5.32 Å². The summed E-state index contributed by atoms with van der Waals surface area (Å²) >= 11 is 6.05. The second-order valence-electron chi connectivity index (χ2n) is 4.94. The highest BCUT2D eigenvalue weighted by Crippen LogP contribution is 2.27. The molecule has 1 N–H and O–H groups in total. The summed E-state index contributed by atoms with van der Waals surface area (Å²) in [5.74, 6) is 0. The quantitative estimate of drug-likeness (QED) is 0.929. The molecule has 2 rings (SSSR count). The van der Waals surface area contributed by atoms with E-state index in [1.165, 1.54) is 4.31 Å². The van der Waals surface area contributed by atoms with E-state index in [0.717, 1.165) is 31.5 Å². The van der Waals surface area contributed by atoms with Crippen molar-refractivity contribution >= 4 is 21.6 Å². The number of aryl methyl sites for hydroxylation is 1. The third-order valence-electron chi connectivity index (χ3n) is 3.57. The molecular formula is C13H19ClN2O2S. The first-order valence-electron chi connectivity index (χ1n) is 6.38. The predicted molar refractivity (Wildman–Crippen MR) is 77.0 cm³/mol. The first kappa shape index (κ1) is 14.8. The molecule has 4 nitrogen and oxygen atoms in total. The van der Waals surface area contributed by atoms with Crippen molar-refractivity contribution in [2.75, 3.05) is 20.1 Å². The van der Waals surface area contributed by atoms with E-state index >= 15 is 0 Å². The number of sulfonamides is 1. The number of hydrogen-bond acceptors (Lipinski definition) is 3. The Balaban J connectivity index is 2.33. The highest BCUT2D eigenvalue weighted by atomic mass is 35.5. The maximum atomic E-state index is 12.6. The van der Waals surface area contributed by atoms with Crippen molar-refractivity contribution in [3.8, 4) is 0 Å². The molecule has 0 saturated carbocycles. The minimum absolute atomic E-state index is 0.0443. The molecule has 0 spiro atoms. The van der Waals surface area contributed by atoms with Gasteiger partial charge in [-0.25, -0.2) is 8.42 Å². The molecule has 1 aliphatic heterocycles. The summed E-state index contributed by atoms with van der Waals surface area (Å²) in [6, 6.07) is 5.13. The number of halogens is 1. The molecule has 0 atom stereocenters. The number of hydrogen-bond donors (Lipinski definition) is 1. The van der Waals surface area contributed by atoms with E-state index < -0.39 is 10.0 Å². The Labute approximate surface area is 119 Å². The maximum Gasteiger partial charge on any atom is 0.244 e. The molecule has 0 unspecified atom stereocenters. The van der Waals surface area contributed by atoms with Crippen molar-refractivity contribution in [3.05, 3.63) is 28.8 Å². The largest absolute Gasteiger partial charge is 0.317 e. The van der Waals surface area contributed by atoms with Gasteiger partial charge in [0.2, 0.25) is 10.0 Å². The van der Waals surface area contributed by atoms with Crippen LogP contribution in [0.5, 0.6) is 0 Å². The first-order chi connectivity index (χ1) is 8.93. The van der Waals surface area contributed by atoms with E-state index in [4.69, 9.17) is 11.6 Å². The summed E-state index contributed by atoms with van der Waals surface area (Å²) in [6.45, 7) is 3.57. The minimum atomic E-state index is -3.52. The Morgan fingerprint density at radius 1 is 1.32 bits per heavy atom. The van der Waals surface area contributed by atoms with Crippen molar-refractivity contribution in [2.24, 2.45) is 0 Å². The fraction of sp³-hybridized carbons (Fsp3) is 0.538. The van der Waals surface area contributed by atoms with Gasteiger partial charge in [0.15, 0.2) is 0 Å². The number of benzene rings is 1. The van der Waals surface area contributed by atoms with Gasteiger partial charge >= 0.3 is 0 Å². The Hall–Kier alpha value is -0.620. The van der Waals surface area contributed by atoms with Crippen LogP contribution in [0.3, 0.4) is 0 Å². The molecule has 0 aromatic heterocycles. The molecule has 0 aliphatic carbocycles. The van der Waals surface area contributed by atoms with E-state index in [9.17, 15) is 8.42 Å². The van der Waals surface area contributed by atoms with Crippen LogP contribution in [0.2, 0.25) is 5.02 Å². The molecule has 0 bridgehead atoms. The molecule has 1 aromatic carbocycles. The summed E-state index contributed by atoms with van der Waals surface area (Å²) in [4.78, 5) is 0.204. The molecule has 0 amide bonds. The fourth-order valence-electron chi connectivity index (χ4n) is 2.33. The van der Waals surface area contributed by atoms with E-state index in [2.05, 4.69) is 5.32 Å². The van der Waals surface area contributed by atoms with Crippen molar-refractivity contribution in [3.63, 3.8) is 0 Å². The van der Waals surface area contributed by atoms with Crippen molar-refractivity contribution < 1.29 is 8.42 Å². The molecule has 106 valence electrons. The van der Waals surface area contributed by atoms with Crippen LogP contribution >= 0.6 is 11.6 Å². The smallest absolute Gasteiger partial charge is 0.244 e. The summed E-state index contributed by atoms with van der Waals surface area (Å²) < 4.78 is 26.7. The van der Waals surface area contributed by atoms with Crippen LogP contribution in [-0.4, -0.2) is 38.9 Å². The van der Waals surface area contributed by atoms with Crippen molar-refractivity contribution in [2.45, 2.75) is 30.7 Å². The van der Waals surface area contributed by atoms with Gasteiger partial charge in [0.05, 0.1) is 5.02 Å². The minimum Gasteiger partial charge on any atom is -0.317 e. The Kier molecular flexibility index (Phi) is 4.50. The van der Waals surface area contributed by atoms with E-state index in [1.54, 1.807) is 19.2 Å². The SMILES string of the molecule is Cc1ccc(Cl)c(S(=O)(=O)N(C)C2CCNCC2)c1. The highest BCUT2D eigenvalue weighted by molar-refractivity contribution is 7.89. The lowest BCUT2D eigenvalue weighted by atomic mass is 10.1. The van der Waals surface area contributed by atoms with Gasteiger partial charge in [-0.1, -0.05) is 17.7 Å². The topological polar surface area (TPSA) is 49.4 Å². The van der Waals surface area contributed by atoms with Gasteiger partial charge in [-0.05, 0) is 50.6 Å².